The summed E-state index contributed by atoms with van der Waals surface area (Å²) in [5, 5.41) is 8.81. The zero-order valence-electron chi connectivity index (χ0n) is 13.7. The van der Waals surface area contributed by atoms with E-state index in [1.807, 2.05) is 25.1 Å². The highest BCUT2D eigenvalue weighted by atomic mass is 127. The predicted octanol–water partition coefficient (Wildman–Crippen LogP) is 3.40. The number of unbranched alkanes of at least 4 members (excludes halogenated alkanes) is 1. The van der Waals surface area contributed by atoms with Crippen LogP contribution in [0.2, 0.25) is 0 Å². The SMILES string of the molecule is CCNC(=NCCCCNc1ccccn1)NCCC(F)(F)F.I. The number of pyridine rings is 1. The molecule has 1 aromatic heterocycles. The molecule has 0 aliphatic rings. The molecule has 24 heavy (non-hydrogen) atoms. The Morgan fingerprint density at radius 1 is 1.17 bits per heavy atom. The molecule has 1 aromatic rings. The van der Waals surface area contributed by atoms with Gasteiger partial charge in [-0.15, -0.1) is 24.0 Å². The monoisotopic (exact) mass is 459 g/mol. The molecule has 1 heterocycles. The molecule has 0 aliphatic carbocycles. The number of hydrogen-bond donors (Lipinski definition) is 3. The van der Waals surface area contributed by atoms with Gasteiger partial charge in [0.05, 0.1) is 6.42 Å². The molecule has 5 nitrogen and oxygen atoms in total. The Morgan fingerprint density at radius 2 is 1.96 bits per heavy atom. The van der Waals surface area contributed by atoms with Crippen LogP contribution in [0.25, 0.3) is 0 Å². The Labute approximate surface area is 157 Å². The van der Waals surface area contributed by atoms with Crippen molar-refractivity contribution in [1.29, 1.82) is 0 Å². The van der Waals surface area contributed by atoms with Crippen molar-refractivity contribution in [2.45, 2.75) is 32.4 Å². The molecule has 0 aromatic carbocycles. The van der Waals surface area contributed by atoms with Crippen molar-refractivity contribution in [1.82, 2.24) is 15.6 Å². The van der Waals surface area contributed by atoms with Crippen LogP contribution in [0, 0.1) is 0 Å². The Kier molecular flexibility index (Phi) is 12.4. The lowest BCUT2D eigenvalue weighted by Crippen LogP contribution is -2.39. The smallest absolute Gasteiger partial charge is 0.370 e. The maximum Gasteiger partial charge on any atom is 0.390 e. The predicted molar refractivity (Wildman–Crippen MR) is 102 cm³/mol. The highest BCUT2D eigenvalue weighted by Gasteiger charge is 2.26. The van der Waals surface area contributed by atoms with E-state index in [0.29, 0.717) is 19.0 Å². The second-order valence-electron chi connectivity index (χ2n) is 4.90. The lowest BCUT2D eigenvalue weighted by molar-refractivity contribution is -0.132. The standard InChI is InChI=1S/C15H24F3N5.HI/c1-2-19-14(23-12-8-15(16,17)18)22-11-6-5-10-21-13-7-3-4-9-20-13;/h3-4,7,9H,2,5-6,8,10-12H2,1H3,(H,20,21)(H2,19,22,23);1H. The van der Waals surface area contributed by atoms with E-state index in [9.17, 15) is 13.2 Å². The third-order valence-electron chi connectivity index (χ3n) is 2.87. The highest BCUT2D eigenvalue weighted by Crippen LogP contribution is 2.17. The van der Waals surface area contributed by atoms with Crippen molar-refractivity contribution in [3.63, 3.8) is 0 Å². The van der Waals surface area contributed by atoms with Gasteiger partial charge in [-0.05, 0) is 31.9 Å². The van der Waals surface area contributed by atoms with Crippen molar-refractivity contribution in [3.8, 4) is 0 Å². The first-order valence-corrected chi connectivity index (χ1v) is 7.75. The molecule has 9 heteroatoms. The van der Waals surface area contributed by atoms with Crippen LogP contribution >= 0.6 is 24.0 Å². The van der Waals surface area contributed by atoms with E-state index in [4.69, 9.17) is 0 Å². The van der Waals surface area contributed by atoms with E-state index in [-0.39, 0.29) is 30.5 Å². The van der Waals surface area contributed by atoms with Gasteiger partial charge in [-0.2, -0.15) is 13.2 Å². The molecule has 138 valence electrons. The van der Waals surface area contributed by atoms with Gasteiger partial charge in [0.25, 0.3) is 0 Å². The zero-order chi connectivity index (χ0) is 17.0. The summed E-state index contributed by atoms with van der Waals surface area (Å²) in [5.41, 5.74) is 0. The number of halogens is 4. The van der Waals surface area contributed by atoms with Gasteiger partial charge in [0, 0.05) is 32.4 Å². The largest absolute Gasteiger partial charge is 0.390 e. The van der Waals surface area contributed by atoms with Gasteiger partial charge in [0.1, 0.15) is 5.82 Å². The van der Waals surface area contributed by atoms with E-state index < -0.39 is 12.6 Å². The summed E-state index contributed by atoms with van der Waals surface area (Å²) in [4.78, 5) is 8.41. The van der Waals surface area contributed by atoms with E-state index in [1.165, 1.54) is 0 Å². The number of alkyl halides is 3. The minimum Gasteiger partial charge on any atom is -0.370 e. The van der Waals surface area contributed by atoms with Gasteiger partial charge in [0.15, 0.2) is 5.96 Å². The summed E-state index contributed by atoms with van der Waals surface area (Å²) in [6.07, 6.45) is -1.55. The van der Waals surface area contributed by atoms with Gasteiger partial charge in [-0.1, -0.05) is 6.07 Å². The van der Waals surface area contributed by atoms with Crippen LogP contribution in [0.15, 0.2) is 29.4 Å². The zero-order valence-corrected chi connectivity index (χ0v) is 16.0. The molecule has 0 fully saturated rings. The fourth-order valence-electron chi connectivity index (χ4n) is 1.78. The van der Waals surface area contributed by atoms with Gasteiger partial charge in [-0.3, -0.25) is 4.99 Å². The number of aromatic nitrogens is 1. The van der Waals surface area contributed by atoms with E-state index >= 15 is 0 Å². The Bertz CT molecular complexity index is 454. The number of hydrogen-bond acceptors (Lipinski definition) is 3. The first kappa shape index (κ1) is 22.7. The van der Waals surface area contributed by atoms with Gasteiger partial charge in [-0.25, -0.2) is 4.98 Å². The second kappa shape index (κ2) is 13.1. The van der Waals surface area contributed by atoms with Crippen LogP contribution in [0.5, 0.6) is 0 Å². The molecule has 0 amide bonds. The first-order valence-electron chi connectivity index (χ1n) is 7.75. The molecule has 0 saturated heterocycles. The second-order valence-corrected chi connectivity index (χ2v) is 4.90. The molecule has 0 atom stereocenters. The van der Waals surface area contributed by atoms with E-state index in [1.54, 1.807) is 6.20 Å². The fraction of sp³-hybridized carbons (Fsp3) is 0.600. The summed E-state index contributed by atoms with van der Waals surface area (Å²) >= 11 is 0. The Balaban J connectivity index is 0.00000529. The van der Waals surface area contributed by atoms with Crippen LogP contribution < -0.4 is 16.0 Å². The summed E-state index contributed by atoms with van der Waals surface area (Å²) in [6, 6.07) is 5.66. The molecular formula is C15H25F3IN5. The molecular weight excluding hydrogens is 434 g/mol. The third-order valence-corrected chi connectivity index (χ3v) is 2.87. The topological polar surface area (TPSA) is 61.3 Å². The lowest BCUT2D eigenvalue weighted by Gasteiger charge is -2.12. The van der Waals surface area contributed by atoms with Crippen LogP contribution in [0.3, 0.4) is 0 Å². The van der Waals surface area contributed by atoms with Crippen molar-refractivity contribution in [3.05, 3.63) is 24.4 Å². The molecule has 3 N–H and O–H groups in total. The average Bonchev–Trinajstić information content (AvgIpc) is 2.50. The number of nitrogens with one attached hydrogen (secondary N) is 3. The number of aliphatic imine (C=N–C) groups is 1. The summed E-state index contributed by atoms with van der Waals surface area (Å²) in [7, 11) is 0. The highest BCUT2D eigenvalue weighted by molar-refractivity contribution is 14.0. The van der Waals surface area contributed by atoms with Crippen LogP contribution in [0.4, 0.5) is 19.0 Å². The minimum absolute atomic E-state index is 0. The van der Waals surface area contributed by atoms with Crippen molar-refractivity contribution in [2.75, 3.05) is 31.5 Å². The summed E-state index contributed by atoms with van der Waals surface area (Å²) in [6.45, 7) is 3.66. The van der Waals surface area contributed by atoms with Gasteiger partial charge < -0.3 is 16.0 Å². The maximum absolute atomic E-state index is 12.1. The van der Waals surface area contributed by atoms with Gasteiger partial charge >= 0.3 is 6.18 Å². The minimum atomic E-state index is -4.15. The van der Waals surface area contributed by atoms with Crippen LogP contribution in [-0.4, -0.2) is 43.3 Å². The van der Waals surface area contributed by atoms with E-state index in [0.717, 1.165) is 25.2 Å². The molecule has 0 aliphatic heterocycles. The molecule has 1 rings (SSSR count). The number of rotatable bonds is 9. The fourth-order valence-corrected chi connectivity index (χ4v) is 1.78. The van der Waals surface area contributed by atoms with Crippen molar-refractivity contribution >= 4 is 35.8 Å². The first-order chi connectivity index (χ1) is 11.0. The van der Waals surface area contributed by atoms with Crippen LogP contribution in [0.1, 0.15) is 26.2 Å². The molecule has 0 spiro atoms. The number of anilines is 1. The third kappa shape index (κ3) is 12.2. The Hall–Kier alpha value is -1.26. The molecule has 0 unspecified atom stereocenters. The lowest BCUT2D eigenvalue weighted by atomic mass is 10.3. The molecule has 0 bridgehead atoms. The van der Waals surface area contributed by atoms with Crippen molar-refractivity contribution < 1.29 is 13.2 Å². The average molecular weight is 459 g/mol. The maximum atomic E-state index is 12.1. The molecule has 0 radical (unpaired) electrons. The number of nitrogens with zero attached hydrogens (tertiary/aromatic N) is 2. The van der Waals surface area contributed by atoms with Crippen LogP contribution in [-0.2, 0) is 0 Å². The van der Waals surface area contributed by atoms with E-state index in [2.05, 4.69) is 25.9 Å². The quantitative estimate of drug-likeness (QED) is 0.229. The normalized spacial score (nSPS) is 11.6. The Morgan fingerprint density at radius 3 is 2.58 bits per heavy atom. The number of guanidine groups is 1. The van der Waals surface area contributed by atoms with Crippen molar-refractivity contribution in [2.24, 2.45) is 4.99 Å². The van der Waals surface area contributed by atoms with Gasteiger partial charge in [0.2, 0.25) is 0 Å². The summed E-state index contributed by atoms with van der Waals surface area (Å²) in [5.74, 6) is 1.26. The summed E-state index contributed by atoms with van der Waals surface area (Å²) < 4.78 is 36.3. The molecule has 0 saturated carbocycles.